The van der Waals surface area contributed by atoms with Gasteiger partial charge in [0.15, 0.2) is 11.6 Å². The number of hydrogen-bond acceptors (Lipinski definition) is 2. The van der Waals surface area contributed by atoms with E-state index in [0.717, 1.165) is 52.2 Å². The van der Waals surface area contributed by atoms with E-state index >= 15 is 0 Å². The van der Waals surface area contributed by atoms with Crippen LogP contribution in [-0.2, 0) is 17.3 Å². The summed E-state index contributed by atoms with van der Waals surface area (Å²) >= 11 is 0. The fourth-order valence-electron chi connectivity index (χ4n) is 5.55. The summed E-state index contributed by atoms with van der Waals surface area (Å²) in [5, 5.41) is 0. The van der Waals surface area contributed by atoms with Crippen LogP contribution in [0.3, 0.4) is 0 Å². The number of nitrogens with one attached hydrogen (secondary N) is 2. The zero-order valence-corrected chi connectivity index (χ0v) is 22.7. The molecule has 0 unspecified atom stereocenters. The van der Waals surface area contributed by atoms with Crippen molar-refractivity contribution in [2.24, 2.45) is 0 Å². The summed E-state index contributed by atoms with van der Waals surface area (Å²) in [4.78, 5) is 18.1. The first kappa shape index (κ1) is 23.5. The number of fused-ring (bicyclic) bond motifs is 9. The molecule has 2 aromatic carbocycles. The molecule has 8 bridgehead atoms. The minimum absolute atomic E-state index is 0.347. The maximum absolute atomic E-state index is 5.33. The van der Waals surface area contributed by atoms with E-state index in [-0.39, 0.29) is 10.8 Å². The largest absolute Gasteiger partial charge is 0.361 e. The lowest BCUT2D eigenvalue weighted by Crippen LogP contribution is -2.20. The molecule has 39 heavy (non-hydrogen) atoms. The number of nitrogens with zero attached hydrogens (tertiary/aromatic N) is 4. The van der Waals surface area contributed by atoms with Crippen LogP contribution in [0.4, 0.5) is 0 Å². The van der Waals surface area contributed by atoms with Crippen molar-refractivity contribution in [3.8, 4) is 23.0 Å². The number of rotatable bonds is 2. The Hall–Kier alpha value is -4.58. The van der Waals surface area contributed by atoms with Crippen molar-refractivity contribution in [3.63, 3.8) is 0 Å². The first-order chi connectivity index (χ1) is 18.8. The topological polar surface area (TPSA) is 67.2 Å². The zero-order valence-electron chi connectivity index (χ0n) is 22.7. The molecule has 6 aromatic rings. The van der Waals surface area contributed by atoms with Crippen LogP contribution >= 0.6 is 0 Å². The summed E-state index contributed by atoms with van der Waals surface area (Å²) in [6.07, 6.45) is 5.14. The van der Waals surface area contributed by atoms with Crippen molar-refractivity contribution >= 4 is 0 Å². The predicted octanol–water partition coefficient (Wildman–Crippen LogP) is 6.94. The van der Waals surface area contributed by atoms with Gasteiger partial charge in [0.25, 0.3) is 0 Å². The molecular formula is C33H32N6. The molecule has 5 heterocycles. The molecule has 7 rings (SSSR count). The minimum atomic E-state index is -0.347. The lowest BCUT2D eigenvalue weighted by atomic mass is 9.86. The first-order valence-electron chi connectivity index (χ1n) is 13.5. The number of para-hydroxylation sites is 2. The van der Waals surface area contributed by atoms with Gasteiger partial charge in [-0.25, -0.2) is 9.97 Å². The van der Waals surface area contributed by atoms with Gasteiger partial charge in [0.1, 0.15) is 0 Å². The summed E-state index contributed by atoms with van der Waals surface area (Å²) in [5.41, 5.74) is 7.99. The highest BCUT2D eigenvalue weighted by atomic mass is 15.2. The highest BCUT2D eigenvalue weighted by molar-refractivity contribution is 5.58. The molecule has 0 fully saturated rings. The number of aromatic amines is 2. The van der Waals surface area contributed by atoms with Gasteiger partial charge in [0.05, 0.1) is 11.4 Å². The zero-order chi connectivity index (χ0) is 26.8. The minimum Gasteiger partial charge on any atom is -0.361 e. The van der Waals surface area contributed by atoms with Crippen LogP contribution in [0.15, 0.2) is 97.3 Å². The van der Waals surface area contributed by atoms with E-state index < -0.39 is 0 Å². The third-order valence-corrected chi connectivity index (χ3v) is 8.18. The number of H-pyrrole nitrogens is 2. The van der Waals surface area contributed by atoms with Crippen molar-refractivity contribution < 1.29 is 0 Å². The Kier molecular flexibility index (Phi) is 5.11. The Labute approximate surface area is 228 Å². The number of aromatic nitrogens is 6. The third kappa shape index (κ3) is 3.78. The number of benzene rings is 2. The smallest absolute Gasteiger partial charge is 0.181 e. The van der Waals surface area contributed by atoms with E-state index in [1.807, 2.05) is 12.1 Å². The molecule has 194 valence electrons. The lowest BCUT2D eigenvalue weighted by Gasteiger charge is -2.21. The summed E-state index contributed by atoms with van der Waals surface area (Å²) in [6, 6.07) is 29.6. The molecule has 0 spiro atoms. The average Bonchev–Trinajstić information content (AvgIpc) is 3.75. The second-order valence-electron chi connectivity index (χ2n) is 11.5. The molecule has 6 heteroatoms. The monoisotopic (exact) mass is 512 g/mol. The van der Waals surface area contributed by atoms with Gasteiger partial charge in [-0.3, -0.25) is 9.13 Å². The van der Waals surface area contributed by atoms with E-state index in [0.29, 0.717) is 0 Å². The van der Waals surface area contributed by atoms with E-state index in [9.17, 15) is 0 Å². The molecule has 0 saturated heterocycles. The van der Waals surface area contributed by atoms with Crippen molar-refractivity contribution in [2.75, 3.05) is 0 Å². The summed E-state index contributed by atoms with van der Waals surface area (Å²) in [5.74, 6) is 1.62. The molecule has 1 aliphatic heterocycles. The molecular weight excluding hydrogens is 480 g/mol. The van der Waals surface area contributed by atoms with Crippen molar-refractivity contribution in [3.05, 3.63) is 131 Å². The molecule has 0 amide bonds. The summed E-state index contributed by atoms with van der Waals surface area (Å²) < 4.78 is 4.36. The normalized spacial score (nSPS) is 15.5. The second kappa shape index (κ2) is 8.46. The van der Waals surface area contributed by atoms with Gasteiger partial charge < -0.3 is 9.97 Å². The SMILES string of the molecule is CC1(C)c2cn(-c3ccccc3)c(n2)-c2nc(cn2-c2ccccc2)C(C)(C)c2ccc([nH]2)Cc2ccc1[nH]2. The molecule has 0 aliphatic carbocycles. The van der Waals surface area contributed by atoms with Crippen molar-refractivity contribution in [2.45, 2.75) is 44.9 Å². The molecule has 4 aromatic heterocycles. The number of hydrogen-bond donors (Lipinski definition) is 2. The fourth-order valence-corrected chi connectivity index (χ4v) is 5.55. The molecule has 2 N–H and O–H groups in total. The van der Waals surface area contributed by atoms with Crippen LogP contribution in [-0.4, -0.2) is 29.1 Å². The van der Waals surface area contributed by atoms with Gasteiger partial charge in [-0.15, -0.1) is 0 Å². The maximum Gasteiger partial charge on any atom is 0.181 e. The van der Waals surface area contributed by atoms with Crippen LogP contribution in [0.25, 0.3) is 23.0 Å². The van der Waals surface area contributed by atoms with Crippen molar-refractivity contribution in [1.82, 2.24) is 29.1 Å². The second-order valence-corrected chi connectivity index (χ2v) is 11.5. The van der Waals surface area contributed by atoms with Crippen LogP contribution in [0, 0.1) is 0 Å². The summed E-state index contributed by atoms with van der Waals surface area (Å²) in [6.45, 7) is 8.92. The Balaban J connectivity index is 1.56. The highest BCUT2D eigenvalue weighted by Gasteiger charge is 2.34. The molecule has 0 atom stereocenters. The van der Waals surface area contributed by atoms with Crippen LogP contribution in [0.1, 0.15) is 61.9 Å². The Bertz CT molecular complexity index is 1640. The van der Waals surface area contributed by atoms with E-state index in [4.69, 9.17) is 9.97 Å². The van der Waals surface area contributed by atoms with Crippen LogP contribution < -0.4 is 0 Å². The Morgan fingerprint density at radius 2 is 0.974 bits per heavy atom. The highest BCUT2D eigenvalue weighted by Crippen LogP contribution is 2.37. The van der Waals surface area contributed by atoms with Gasteiger partial charge in [-0.2, -0.15) is 0 Å². The van der Waals surface area contributed by atoms with Crippen LogP contribution in [0.5, 0.6) is 0 Å². The van der Waals surface area contributed by atoms with Gasteiger partial charge in [0.2, 0.25) is 0 Å². The number of imidazole rings is 2. The van der Waals surface area contributed by atoms with E-state index in [2.05, 4.69) is 132 Å². The third-order valence-electron chi connectivity index (χ3n) is 8.18. The van der Waals surface area contributed by atoms with Gasteiger partial charge in [0, 0.05) is 63.8 Å². The fraction of sp³-hybridized carbons (Fsp3) is 0.212. The lowest BCUT2D eigenvalue weighted by molar-refractivity contribution is 0.600. The standard InChI is InChI=1S/C33H32N6/c1-32(2)26-17-15-22(34-26)19-23-16-18-27(35-23)33(3,4)29-21-39(25-13-9-6-10-14-25)31(37-29)30-36-28(32)20-38(30)24-11-7-5-8-12-24/h5-18,20-21,34-35H,19H2,1-4H3. The van der Waals surface area contributed by atoms with E-state index in [1.165, 1.54) is 11.4 Å². The predicted molar refractivity (Wildman–Crippen MR) is 155 cm³/mol. The Morgan fingerprint density at radius 3 is 1.38 bits per heavy atom. The average molecular weight is 513 g/mol. The molecule has 0 saturated carbocycles. The molecule has 0 radical (unpaired) electrons. The molecule has 1 aliphatic rings. The maximum atomic E-state index is 5.33. The van der Waals surface area contributed by atoms with Gasteiger partial charge >= 0.3 is 0 Å². The quantitative estimate of drug-likeness (QED) is 0.264. The van der Waals surface area contributed by atoms with Gasteiger partial charge in [-0.05, 0) is 76.2 Å². The molecule has 6 nitrogen and oxygen atoms in total. The first-order valence-corrected chi connectivity index (χ1v) is 13.5. The van der Waals surface area contributed by atoms with Gasteiger partial charge in [-0.1, -0.05) is 36.4 Å². The summed E-state index contributed by atoms with van der Waals surface area (Å²) in [7, 11) is 0. The van der Waals surface area contributed by atoms with E-state index in [1.54, 1.807) is 0 Å². The van der Waals surface area contributed by atoms with Crippen molar-refractivity contribution in [1.29, 1.82) is 0 Å². The Morgan fingerprint density at radius 1 is 0.564 bits per heavy atom. The van der Waals surface area contributed by atoms with Crippen LogP contribution in [0.2, 0.25) is 0 Å².